The van der Waals surface area contributed by atoms with Gasteiger partial charge in [0.1, 0.15) is 0 Å². The highest BCUT2D eigenvalue weighted by molar-refractivity contribution is 5.79. The Balaban J connectivity index is 1.95. The lowest BCUT2D eigenvalue weighted by Crippen LogP contribution is -2.38. The number of aromatic nitrogens is 1. The van der Waals surface area contributed by atoms with Crippen molar-refractivity contribution in [2.45, 2.75) is 33.7 Å². The summed E-state index contributed by atoms with van der Waals surface area (Å²) in [6, 6.07) is 10.5. The Morgan fingerprint density at radius 3 is 2.60 bits per heavy atom. The quantitative estimate of drug-likeness (QED) is 0.601. The molecular weight excluding hydrogens is 312 g/mol. The second kappa shape index (κ2) is 9.67. The van der Waals surface area contributed by atoms with Crippen LogP contribution >= 0.6 is 0 Å². The van der Waals surface area contributed by atoms with E-state index in [2.05, 4.69) is 59.6 Å². The van der Waals surface area contributed by atoms with Gasteiger partial charge in [0.15, 0.2) is 5.96 Å². The molecule has 2 N–H and O–H groups in total. The van der Waals surface area contributed by atoms with E-state index in [9.17, 15) is 0 Å². The van der Waals surface area contributed by atoms with Gasteiger partial charge in [-0.05, 0) is 38.8 Å². The van der Waals surface area contributed by atoms with Gasteiger partial charge in [-0.3, -0.25) is 0 Å². The first-order valence-corrected chi connectivity index (χ1v) is 8.69. The Morgan fingerprint density at radius 1 is 1.16 bits per heavy atom. The second-order valence-electron chi connectivity index (χ2n) is 6.04. The van der Waals surface area contributed by atoms with Gasteiger partial charge in [0.2, 0.25) is 5.88 Å². The molecule has 0 radical (unpaired) electrons. The number of nitrogens with one attached hydrogen (secondary N) is 2. The maximum absolute atomic E-state index is 5.28. The number of hydrogen-bond donors (Lipinski definition) is 2. The number of benzene rings is 1. The van der Waals surface area contributed by atoms with Crippen LogP contribution in [-0.4, -0.2) is 31.1 Å². The van der Waals surface area contributed by atoms with Crippen LogP contribution in [-0.2, 0) is 13.0 Å². The van der Waals surface area contributed by atoms with Crippen LogP contribution in [0.15, 0.2) is 41.5 Å². The zero-order valence-electron chi connectivity index (χ0n) is 15.6. The van der Waals surface area contributed by atoms with E-state index in [1.165, 1.54) is 16.7 Å². The predicted molar refractivity (Wildman–Crippen MR) is 103 cm³/mol. The molecule has 0 aliphatic carbocycles. The first kappa shape index (κ1) is 18.8. The van der Waals surface area contributed by atoms with Gasteiger partial charge in [-0.1, -0.05) is 35.4 Å². The summed E-state index contributed by atoms with van der Waals surface area (Å²) in [6.07, 6.45) is 2.68. The van der Waals surface area contributed by atoms with E-state index in [1.54, 1.807) is 13.3 Å². The highest BCUT2D eigenvalue weighted by Crippen LogP contribution is 2.14. The molecule has 2 aromatic rings. The van der Waals surface area contributed by atoms with E-state index >= 15 is 0 Å². The number of ether oxygens (including phenoxy) is 1. The normalized spacial score (nSPS) is 11.3. The lowest BCUT2D eigenvalue weighted by molar-refractivity contribution is 0.392. The summed E-state index contributed by atoms with van der Waals surface area (Å²) < 4.78 is 5.28. The summed E-state index contributed by atoms with van der Waals surface area (Å²) in [7, 11) is 1.63. The molecule has 1 aromatic carbocycles. The number of nitrogens with zero attached hydrogens (tertiary/aromatic N) is 2. The number of guanidine groups is 1. The van der Waals surface area contributed by atoms with Gasteiger partial charge in [0.05, 0.1) is 13.7 Å². The highest BCUT2D eigenvalue weighted by atomic mass is 16.5. The van der Waals surface area contributed by atoms with E-state index < -0.39 is 0 Å². The number of methoxy groups -OCH3 is 1. The molecule has 25 heavy (non-hydrogen) atoms. The minimum Gasteiger partial charge on any atom is -0.481 e. The molecule has 0 saturated heterocycles. The van der Waals surface area contributed by atoms with Crippen molar-refractivity contribution in [1.82, 2.24) is 15.6 Å². The van der Waals surface area contributed by atoms with Crippen LogP contribution in [0.5, 0.6) is 5.88 Å². The molecule has 0 unspecified atom stereocenters. The third kappa shape index (κ3) is 6.10. The molecule has 5 heteroatoms. The molecule has 134 valence electrons. The first-order valence-electron chi connectivity index (χ1n) is 8.69. The Bertz CT molecular complexity index is 692. The van der Waals surface area contributed by atoms with E-state index in [-0.39, 0.29) is 0 Å². The number of pyridine rings is 1. The Morgan fingerprint density at radius 2 is 1.92 bits per heavy atom. The van der Waals surface area contributed by atoms with Crippen molar-refractivity contribution in [2.75, 3.05) is 20.2 Å². The van der Waals surface area contributed by atoms with Crippen molar-refractivity contribution in [2.24, 2.45) is 4.99 Å². The maximum atomic E-state index is 5.28. The zero-order chi connectivity index (χ0) is 18.1. The van der Waals surface area contributed by atoms with Gasteiger partial charge in [-0.2, -0.15) is 0 Å². The van der Waals surface area contributed by atoms with Gasteiger partial charge in [-0.25, -0.2) is 9.98 Å². The van der Waals surface area contributed by atoms with E-state index in [0.29, 0.717) is 12.4 Å². The van der Waals surface area contributed by atoms with E-state index in [0.717, 1.165) is 31.0 Å². The van der Waals surface area contributed by atoms with Gasteiger partial charge in [0, 0.05) is 24.8 Å². The summed E-state index contributed by atoms with van der Waals surface area (Å²) in [6.45, 7) is 8.51. The summed E-state index contributed by atoms with van der Waals surface area (Å²) >= 11 is 0. The van der Waals surface area contributed by atoms with Crippen molar-refractivity contribution < 1.29 is 4.74 Å². The van der Waals surface area contributed by atoms with Crippen LogP contribution in [0.25, 0.3) is 0 Å². The Kier molecular flexibility index (Phi) is 7.26. The molecule has 1 aromatic heterocycles. The molecule has 0 amide bonds. The molecule has 0 bridgehead atoms. The molecule has 0 fully saturated rings. The van der Waals surface area contributed by atoms with Crippen molar-refractivity contribution in [3.8, 4) is 5.88 Å². The molecule has 0 aliphatic rings. The molecular formula is C20H28N4O. The third-order valence-corrected chi connectivity index (χ3v) is 3.78. The van der Waals surface area contributed by atoms with Gasteiger partial charge < -0.3 is 15.4 Å². The minimum atomic E-state index is 0.524. The fourth-order valence-electron chi connectivity index (χ4n) is 2.77. The number of hydrogen-bond acceptors (Lipinski definition) is 3. The molecule has 0 atom stereocenters. The lowest BCUT2D eigenvalue weighted by Gasteiger charge is -2.12. The van der Waals surface area contributed by atoms with Crippen LogP contribution in [0.4, 0.5) is 0 Å². The van der Waals surface area contributed by atoms with Crippen LogP contribution < -0.4 is 15.4 Å². The predicted octanol–water partition coefficient (Wildman–Crippen LogP) is 3.00. The molecule has 0 saturated carbocycles. The summed E-state index contributed by atoms with van der Waals surface area (Å²) in [5.74, 6) is 1.43. The average Bonchev–Trinajstić information content (AvgIpc) is 2.59. The second-order valence-corrected chi connectivity index (χ2v) is 6.04. The van der Waals surface area contributed by atoms with E-state index in [4.69, 9.17) is 4.74 Å². The number of rotatable bonds is 7. The Hall–Kier alpha value is -2.56. The monoisotopic (exact) mass is 340 g/mol. The smallest absolute Gasteiger partial charge is 0.218 e. The first-order chi connectivity index (χ1) is 12.1. The van der Waals surface area contributed by atoms with Crippen LogP contribution in [0, 0.1) is 13.8 Å². The molecule has 1 heterocycles. The van der Waals surface area contributed by atoms with Gasteiger partial charge in [0.25, 0.3) is 0 Å². The fraction of sp³-hybridized carbons (Fsp3) is 0.400. The summed E-state index contributed by atoms with van der Waals surface area (Å²) in [4.78, 5) is 8.84. The number of aliphatic imine (C=N–C) groups is 1. The van der Waals surface area contributed by atoms with E-state index in [1.807, 2.05) is 12.1 Å². The van der Waals surface area contributed by atoms with Gasteiger partial charge >= 0.3 is 0 Å². The zero-order valence-corrected chi connectivity index (χ0v) is 15.6. The van der Waals surface area contributed by atoms with Crippen molar-refractivity contribution in [3.63, 3.8) is 0 Å². The molecule has 5 nitrogen and oxygen atoms in total. The lowest BCUT2D eigenvalue weighted by atomic mass is 10.1. The molecule has 2 rings (SSSR count). The maximum Gasteiger partial charge on any atom is 0.218 e. The summed E-state index contributed by atoms with van der Waals surface area (Å²) in [5.41, 5.74) is 4.92. The third-order valence-electron chi connectivity index (χ3n) is 3.78. The van der Waals surface area contributed by atoms with Crippen molar-refractivity contribution in [3.05, 3.63) is 58.8 Å². The van der Waals surface area contributed by atoms with Crippen molar-refractivity contribution >= 4 is 5.96 Å². The summed E-state index contributed by atoms with van der Waals surface area (Å²) in [5, 5.41) is 6.67. The number of aryl methyl sites for hydroxylation is 2. The standard InChI is InChI=1S/C20H28N4O/c1-5-21-20(24-14-18-7-6-9-22-19(18)25-4)23-10-8-17-12-15(2)11-16(3)13-17/h6-7,9,11-13H,5,8,10,14H2,1-4H3,(H2,21,23,24). The topological polar surface area (TPSA) is 58.5 Å². The molecule has 0 spiro atoms. The van der Waals surface area contributed by atoms with Crippen LogP contribution in [0.1, 0.15) is 29.2 Å². The van der Waals surface area contributed by atoms with Crippen LogP contribution in [0.3, 0.4) is 0 Å². The Labute approximate surface area is 150 Å². The van der Waals surface area contributed by atoms with Gasteiger partial charge in [-0.15, -0.1) is 0 Å². The van der Waals surface area contributed by atoms with Crippen molar-refractivity contribution in [1.29, 1.82) is 0 Å². The molecule has 0 aliphatic heterocycles. The average molecular weight is 340 g/mol. The van der Waals surface area contributed by atoms with Crippen LogP contribution in [0.2, 0.25) is 0 Å². The minimum absolute atomic E-state index is 0.524. The highest BCUT2D eigenvalue weighted by Gasteiger charge is 2.04. The fourth-order valence-corrected chi connectivity index (χ4v) is 2.77. The largest absolute Gasteiger partial charge is 0.481 e. The SMILES string of the molecule is CCNC(=NCc1cccnc1OC)NCCc1cc(C)cc(C)c1.